The van der Waals surface area contributed by atoms with Gasteiger partial charge in [0.1, 0.15) is 73.2 Å². The van der Waals surface area contributed by atoms with Crippen LogP contribution in [-0.2, 0) is 28.4 Å². The summed E-state index contributed by atoms with van der Waals surface area (Å²) in [4.78, 5) is 0. The van der Waals surface area contributed by atoms with Crippen molar-refractivity contribution in [3.05, 3.63) is 11.6 Å². The SMILES string of the molecule is CC(C)=CCC[C@](C)(O[C@H]1O[C@@H](CO)[C@H](O)[C@@H](O)[C@@H]1O)[C@@H]1CC[C@]2(C)[C@@H]1[C@H](O)C[C@@H]1[C@]3(C)CC[C@H](O)C(C)(C)[C@@H]3[C@H](O[C@@H]3O[C@H](CO)[C@@H](O)[C@H](O)[C@@H]3O[C@@H]3O[C@H](CO)[C@H](O)[C@@H](O)[C@@H]3O)C[C@@]12C. The summed E-state index contributed by atoms with van der Waals surface area (Å²) >= 11 is 0. The van der Waals surface area contributed by atoms with Gasteiger partial charge in [0.05, 0.1) is 43.7 Å². The first-order valence-electron chi connectivity index (χ1n) is 24.5. The van der Waals surface area contributed by atoms with Crippen molar-refractivity contribution in [2.75, 3.05) is 19.8 Å². The average Bonchev–Trinajstić information content (AvgIpc) is 3.66. The monoisotopic (exact) mass is 963 g/mol. The zero-order valence-electron chi connectivity index (χ0n) is 40.3. The molecule has 7 rings (SSSR count). The number of fused-ring (bicyclic) bond motifs is 5. The number of rotatable bonds is 13. The zero-order chi connectivity index (χ0) is 49.5. The van der Waals surface area contributed by atoms with Crippen molar-refractivity contribution < 1.29 is 94.8 Å². The molecule has 0 unspecified atom stereocenters. The van der Waals surface area contributed by atoms with E-state index in [1.807, 2.05) is 34.6 Å². The van der Waals surface area contributed by atoms with Gasteiger partial charge in [0.25, 0.3) is 0 Å². The van der Waals surface area contributed by atoms with Gasteiger partial charge in [0.2, 0.25) is 0 Å². The number of aliphatic hydroxyl groups excluding tert-OH is 13. The summed E-state index contributed by atoms with van der Waals surface area (Å²) in [6.07, 6.45) is -20.0. The first-order valence-corrected chi connectivity index (χ1v) is 24.5. The molecule has 4 aliphatic carbocycles. The van der Waals surface area contributed by atoms with E-state index in [2.05, 4.69) is 26.8 Å². The lowest BCUT2D eigenvalue weighted by atomic mass is 9.34. The molecular formula is C48H82O19. The maximum atomic E-state index is 12.7. The Hall–Kier alpha value is -1.02. The summed E-state index contributed by atoms with van der Waals surface area (Å²) in [6.45, 7) is 14.4. The van der Waals surface area contributed by atoms with E-state index < -0.39 is 163 Å². The maximum absolute atomic E-state index is 12.7. The molecule has 3 saturated heterocycles. The Morgan fingerprint density at radius 1 is 0.642 bits per heavy atom. The molecule has 0 spiro atoms. The van der Waals surface area contributed by atoms with Crippen LogP contribution in [0.15, 0.2) is 11.6 Å². The Kier molecular flexibility index (Phi) is 15.9. The quantitative estimate of drug-likeness (QED) is 0.0773. The van der Waals surface area contributed by atoms with Crippen LogP contribution in [0, 0.1) is 45.3 Å². The van der Waals surface area contributed by atoms with Crippen LogP contribution in [0.3, 0.4) is 0 Å². The van der Waals surface area contributed by atoms with Crippen molar-refractivity contribution in [1.29, 1.82) is 0 Å². The van der Waals surface area contributed by atoms with E-state index in [9.17, 15) is 66.4 Å². The zero-order valence-corrected chi connectivity index (χ0v) is 40.3. The molecule has 7 fully saturated rings. The molecule has 3 aliphatic heterocycles. The fourth-order valence-electron chi connectivity index (χ4n) is 14.9. The topological polar surface area (TPSA) is 318 Å². The average molecular weight is 963 g/mol. The van der Waals surface area contributed by atoms with Crippen LogP contribution in [0.5, 0.6) is 0 Å². The first-order chi connectivity index (χ1) is 31.3. The summed E-state index contributed by atoms with van der Waals surface area (Å²) in [6, 6.07) is 0. The Balaban J connectivity index is 1.27. The molecule has 0 radical (unpaired) electrons. The van der Waals surface area contributed by atoms with Gasteiger partial charge in [-0.25, -0.2) is 0 Å². The molecule has 67 heavy (non-hydrogen) atoms. The lowest BCUT2D eigenvalue weighted by Crippen LogP contribution is -2.71. The number of ether oxygens (including phenoxy) is 6. The molecule has 13 N–H and O–H groups in total. The molecule has 0 aromatic carbocycles. The van der Waals surface area contributed by atoms with E-state index in [4.69, 9.17) is 28.4 Å². The van der Waals surface area contributed by atoms with Gasteiger partial charge >= 0.3 is 0 Å². The minimum absolute atomic E-state index is 0.110. The van der Waals surface area contributed by atoms with E-state index in [1.54, 1.807) is 0 Å². The molecule has 7 aliphatic rings. The molecule has 0 amide bonds. The van der Waals surface area contributed by atoms with Gasteiger partial charge in [-0.05, 0) is 117 Å². The molecule has 388 valence electrons. The van der Waals surface area contributed by atoms with Crippen LogP contribution in [-0.4, -0.2) is 202 Å². The van der Waals surface area contributed by atoms with Crippen molar-refractivity contribution in [3.63, 3.8) is 0 Å². The highest BCUT2D eigenvalue weighted by Gasteiger charge is 2.74. The van der Waals surface area contributed by atoms with Gasteiger partial charge in [-0.15, -0.1) is 0 Å². The van der Waals surface area contributed by atoms with Gasteiger partial charge < -0.3 is 94.8 Å². The van der Waals surface area contributed by atoms with Crippen LogP contribution in [0.2, 0.25) is 0 Å². The third-order valence-electron chi connectivity index (χ3n) is 18.7. The highest BCUT2D eigenvalue weighted by atomic mass is 16.8. The first kappa shape index (κ1) is 53.8. The van der Waals surface area contributed by atoms with Crippen molar-refractivity contribution in [1.82, 2.24) is 0 Å². The van der Waals surface area contributed by atoms with Crippen LogP contribution in [0.25, 0.3) is 0 Å². The van der Waals surface area contributed by atoms with Crippen molar-refractivity contribution >= 4 is 0 Å². The predicted octanol–water partition coefficient (Wildman–Crippen LogP) is -1.06. The van der Waals surface area contributed by atoms with Crippen LogP contribution in [0.1, 0.15) is 107 Å². The lowest BCUT2D eigenvalue weighted by molar-refractivity contribution is -0.383. The van der Waals surface area contributed by atoms with E-state index >= 15 is 0 Å². The summed E-state index contributed by atoms with van der Waals surface area (Å²) in [5, 5.41) is 142. The van der Waals surface area contributed by atoms with Gasteiger partial charge in [-0.2, -0.15) is 0 Å². The van der Waals surface area contributed by atoms with Crippen LogP contribution in [0.4, 0.5) is 0 Å². The highest BCUT2D eigenvalue weighted by Crippen LogP contribution is 2.76. The van der Waals surface area contributed by atoms with Crippen molar-refractivity contribution in [2.24, 2.45) is 45.3 Å². The molecule has 0 aromatic heterocycles. The lowest BCUT2D eigenvalue weighted by Gasteiger charge is -2.72. The van der Waals surface area contributed by atoms with E-state index in [1.165, 1.54) is 0 Å². The summed E-state index contributed by atoms with van der Waals surface area (Å²) in [5.41, 5.74) is -2.56. The van der Waals surface area contributed by atoms with Crippen LogP contribution >= 0.6 is 0 Å². The molecule has 0 bridgehead atoms. The fraction of sp³-hybridized carbons (Fsp3) is 0.958. The Bertz CT molecular complexity index is 1710. The fourth-order valence-corrected chi connectivity index (χ4v) is 14.9. The second-order valence-electron chi connectivity index (χ2n) is 23.1. The maximum Gasteiger partial charge on any atom is 0.187 e. The van der Waals surface area contributed by atoms with Crippen molar-refractivity contribution in [3.8, 4) is 0 Å². The van der Waals surface area contributed by atoms with E-state index in [-0.39, 0.29) is 17.8 Å². The molecule has 19 nitrogen and oxygen atoms in total. The number of allylic oxidation sites excluding steroid dienone is 2. The molecular weight excluding hydrogens is 881 g/mol. The van der Waals surface area contributed by atoms with E-state index in [0.29, 0.717) is 51.4 Å². The smallest absolute Gasteiger partial charge is 0.187 e. The van der Waals surface area contributed by atoms with Gasteiger partial charge in [-0.1, -0.05) is 46.3 Å². The van der Waals surface area contributed by atoms with Gasteiger partial charge in [0, 0.05) is 0 Å². The van der Waals surface area contributed by atoms with Crippen LogP contribution < -0.4 is 0 Å². The minimum Gasteiger partial charge on any atom is -0.394 e. The molecule has 26 atom stereocenters. The summed E-state index contributed by atoms with van der Waals surface area (Å²) < 4.78 is 37.9. The standard InChI is InChI=1S/C48H82O19/c1-21(2)10-9-13-48(8,67-42-38(61)35(58)32(55)26(19-50)64-42)22-11-15-46(6)30(22)23(52)16-28-45(5)14-12-29(53)44(3,4)40(45)24(17-47(28,46)7)62-43-39(36(59)33(56)27(20-51)65-43)66-41-37(60)34(57)31(54)25(18-49)63-41/h10,22-43,49-61H,9,11-20H2,1-8H3/t22-,23-,24-,25-,26+,27-,28-,29+,30+,31+,32+,33-,34-,35-,36+,37+,38+,39+,40+,41+,42-,43-,45+,46-,47+,48+/m1/s1. The van der Waals surface area contributed by atoms with Crippen molar-refractivity contribution in [2.45, 2.75) is 223 Å². The summed E-state index contributed by atoms with van der Waals surface area (Å²) in [5.74, 6) is -1.22. The molecule has 19 heteroatoms. The second kappa shape index (κ2) is 19.8. The second-order valence-corrected chi connectivity index (χ2v) is 23.1. The summed E-state index contributed by atoms with van der Waals surface area (Å²) in [7, 11) is 0. The highest BCUT2D eigenvalue weighted by molar-refractivity contribution is 5.22. The van der Waals surface area contributed by atoms with E-state index in [0.717, 1.165) is 5.57 Å². The number of aliphatic hydroxyl groups is 13. The minimum atomic E-state index is -1.86. The third kappa shape index (κ3) is 9.03. The number of hydrogen-bond acceptors (Lipinski definition) is 19. The molecule has 4 saturated carbocycles. The molecule has 0 aromatic rings. The van der Waals surface area contributed by atoms with Gasteiger partial charge in [0.15, 0.2) is 18.9 Å². The Morgan fingerprint density at radius 2 is 1.18 bits per heavy atom. The number of hydrogen-bond donors (Lipinski definition) is 13. The molecule has 3 heterocycles. The van der Waals surface area contributed by atoms with Gasteiger partial charge in [-0.3, -0.25) is 0 Å². The normalized spacial score (nSPS) is 52.9. The largest absolute Gasteiger partial charge is 0.394 e. The Morgan fingerprint density at radius 3 is 1.75 bits per heavy atom. The Labute approximate surface area is 393 Å². The predicted molar refractivity (Wildman–Crippen MR) is 235 cm³/mol. The third-order valence-corrected chi connectivity index (χ3v) is 18.7.